The molecule has 1 aromatic heterocycles. The Morgan fingerprint density at radius 2 is 2.10 bits per heavy atom. The summed E-state index contributed by atoms with van der Waals surface area (Å²) in [5.74, 6) is -1.28. The molecule has 0 saturated heterocycles. The lowest BCUT2D eigenvalue weighted by molar-refractivity contribution is 0.102. The Bertz CT molecular complexity index is 641. The van der Waals surface area contributed by atoms with Gasteiger partial charge in [-0.15, -0.1) is 0 Å². The summed E-state index contributed by atoms with van der Waals surface area (Å²) in [5.41, 5.74) is 6.95. The molecule has 0 aliphatic rings. The minimum Gasteiger partial charge on any atom is -0.381 e. The van der Waals surface area contributed by atoms with Crippen LogP contribution in [0.25, 0.3) is 0 Å². The second-order valence-corrected chi connectivity index (χ2v) is 4.79. The Kier molecular flexibility index (Phi) is 3.98. The van der Waals surface area contributed by atoms with Gasteiger partial charge in [-0.3, -0.25) is 4.79 Å². The lowest BCUT2D eigenvalue weighted by Gasteiger charge is -2.10. The van der Waals surface area contributed by atoms with Gasteiger partial charge in [0, 0.05) is 11.9 Å². The molecule has 2 rings (SSSR count). The maximum absolute atomic E-state index is 13.7. The average Bonchev–Trinajstić information content (AvgIpc) is 2.42. The van der Waals surface area contributed by atoms with E-state index in [1.54, 1.807) is 6.07 Å². The number of halogens is 1. The van der Waals surface area contributed by atoms with E-state index in [4.69, 9.17) is 5.73 Å². The molecule has 0 unspecified atom stereocenters. The Morgan fingerprint density at radius 3 is 2.80 bits per heavy atom. The summed E-state index contributed by atoms with van der Waals surface area (Å²) < 4.78 is 13.7. The number of nitrogens with one attached hydrogen (secondary N) is 1. The van der Waals surface area contributed by atoms with Crippen molar-refractivity contribution < 1.29 is 9.18 Å². The van der Waals surface area contributed by atoms with Crippen molar-refractivity contribution >= 4 is 17.4 Å². The van der Waals surface area contributed by atoms with Crippen LogP contribution < -0.4 is 11.1 Å². The van der Waals surface area contributed by atoms with E-state index in [0.717, 1.165) is 5.56 Å². The van der Waals surface area contributed by atoms with Crippen LogP contribution in [0.2, 0.25) is 0 Å². The zero-order valence-corrected chi connectivity index (χ0v) is 11.4. The van der Waals surface area contributed by atoms with Crippen LogP contribution in [0, 0.1) is 5.82 Å². The standard InChI is InChI=1S/C15H16FN3O/c1-9(2)10-4-3-5-11(8-10)19-15(20)12-6-7-18-14(17)13(12)16/h3-9H,1-2H3,(H2,17,18)(H,19,20). The Labute approximate surface area is 116 Å². The van der Waals surface area contributed by atoms with Gasteiger partial charge in [0.1, 0.15) is 0 Å². The highest BCUT2D eigenvalue weighted by atomic mass is 19.1. The fraction of sp³-hybridized carbons (Fsp3) is 0.200. The quantitative estimate of drug-likeness (QED) is 0.902. The van der Waals surface area contributed by atoms with Crippen molar-refractivity contribution in [3.05, 3.63) is 53.5 Å². The molecule has 0 aliphatic carbocycles. The summed E-state index contributed by atoms with van der Waals surface area (Å²) in [6, 6.07) is 8.75. The molecule has 1 aromatic carbocycles. The van der Waals surface area contributed by atoms with E-state index in [1.165, 1.54) is 12.3 Å². The van der Waals surface area contributed by atoms with E-state index in [-0.39, 0.29) is 11.4 Å². The van der Waals surface area contributed by atoms with E-state index in [1.807, 2.05) is 18.2 Å². The van der Waals surface area contributed by atoms with Crippen LogP contribution in [-0.4, -0.2) is 10.9 Å². The molecule has 0 bridgehead atoms. The molecule has 3 N–H and O–H groups in total. The Morgan fingerprint density at radius 1 is 1.35 bits per heavy atom. The van der Waals surface area contributed by atoms with Gasteiger partial charge in [0.2, 0.25) is 0 Å². The van der Waals surface area contributed by atoms with Crippen molar-refractivity contribution in [2.45, 2.75) is 19.8 Å². The molecule has 0 radical (unpaired) electrons. The van der Waals surface area contributed by atoms with E-state index < -0.39 is 11.7 Å². The molecule has 5 heteroatoms. The molecule has 0 spiro atoms. The van der Waals surface area contributed by atoms with Crippen LogP contribution in [0.5, 0.6) is 0 Å². The summed E-state index contributed by atoms with van der Waals surface area (Å²) in [6.45, 7) is 4.12. The van der Waals surface area contributed by atoms with Crippen LogP contribution in [-0.2, 0) is 0 Å². The van der Waals surface area contributed by atoms with Crippen LogP contribution in [0.4, 0.5) is 15.9 Å². The highest BCUT2D eigenvalue weighted by Crippen LogP contribution is 2.20. The number of nitrogens with two attached hydrogens (primary N) is 1. The molecule has 104 valence electrons. The lowest BCUT2D eigenvalue weighted by atomic mass is 10.0. The molecule has 1 heterocycles. The molecule has 20 heavy (non-hydrogen) atoms. The maximum atomic E-state index is 13.7. The van der Waals surface area contributed by atoms with E-state index in [9.17, 15) is 9.18 Å². The van der Waals surface area contributed by atoms with Crippen LogP contribution in [0.3, 0.4) is 0 Å². The van der Waals surface area contributed by atoms with Crippen LogP contribution >= 0.6 is 0 Å². The third kappa shape index (κ3) is 2.93. The number of pyridine rings is 1. The molecule has 4 nitrogen and oxygen atoms in total. The number of anilines is 2. The van der Waals surface area contributed by atoms with Crippen LogP contribution in [0.1, 0.15) is 35.7 Å². The number of nitrogen functional groups attached to an aromatic ring is 1. The Hall–Kier alpha value is -2.43. The monoisotopic (exact) mass is 273 g/mol. The topological polar surface area (TPSA) is 68.0 Å². The van der Waals surface area contributed by atoms with Crippen molar-refractivity contribution in [1.82, 2.24) is 4.98 Å². The summed E-state index contributed by atoms with van der Waals surface area (Å²) in [6.07, 6.45) is 1.30. The second-order valence-electron chi connectivity index (χ2n) is 4.79. The number of rotatable bonds is 3. The third-order valence-corrected chi connectivity index (χ3v) is 2.97. The smallest absolute Gasteiger partial charge is 0.258 e. The summed E-state index contributed by atoms with van der Waals surface area (Å²) >= 11 is 0. The van der Waals surface area contributed by atoms with Gasteiger partial charge in [-0.05, 0) is 29.7 Å². The molecule has 0 saturated carbocycles. The summed E-state index contributed by atoms with van der Waals surface area (Å²) in [5, 5.41) is 2.66. The van der Waals surface area contributed by atoms with Crippen molar-refractivity contribution in [3.8, 4) is 0 Å². The first-order valence-electron chi connectivity index (χ1n) is 6.30. The van der Waals surface area contributed by atoms with Gasteiger partial charge in [-0.2, -0.15) is 0 Å². The van der Waals surface area contributed by atoms with E-state index >= 15 is 0 Å². The van der Waals surface area contributed by atoms with E-state index in [0.29, 0.717) is 11.6 Å². The number of aromatic nitrogens is 1. The van der Waals surface area contributed by atoms with Gasteiger partial charge in [-0.1, -0.05) is 26.0 Å². The van der Waals surface area contributed by atoms with Gasteiger partial charge in [0.25, 0.3) is 5.91 Å². The van der Waals surface area contributed by atoms with Crippen molar-refractivity contribution in [2.75, 3.05) is 11.1 Å². The van der Waals surface area contributed by atoms with E-state index in [2.05, 4.69) is 24.1 Å². The molecule has 0 aliphatic heterocycles. The summed E-state index contributed by atoms with van der Waals surface area (Å²) in [4.78, 5) is 15.6. The first-order valence-corrected chi connectivity index (χ1v) is 6.30. The first-order chi connectivity index (χ1) is 9.49. The maximum Gasteiger partial charge on any atom is 0.258 e. The molecular formula is C15H16FN3O. The van der Waals surface area contributed by atoms with Crippen molar-refractivity contribution in [1.29, 1.82) is 0 Å². The number of hydrogen-bond acceptors (Lipinski definition) is 3. The van der Waals surface area contributed by atoms with Crippen molar-refractivity contribution in [3.63, 3.8) is 0 Å². The average molecular weight is 273 g/mol. The zero-order valence-electron chi connectivity index (χ0n) is 11.4. The van der Waals surface area contributed by atoms with Gasteiger partial charge in [0.15, 0.2) is 11.6 Å². The minimum atomic E-state index is -0.801. The molecule has 0 fully saturated rings. The zero-order chi connectivity index (χ0) is 14.7. The molecule has 1 amide bonds. The number of hydrogen-bond donors (Lipinski definition) is 2. The minimum absolute atomic E-state index is 0.118. The number of carbonyl (C=O) groups is 1. The highest BCUT2D eigenvalue weighted by molar-refractivity contribution is 6.04. The predicted octanol–water partition coefficient (Wildman–Crippen LogP) is 3.18. The molecular weight excluding hydrogens is 257 g/mol. The fourth-order valence-electron chi connectivity index (χ4n) is 1.81. The van der Waals surface area contributed by atoms with Gasteiger partial charge < -0.3 is 11.1 Å². The fourth-order valence-corrected chi connectivity index (χ4v) is 1.81. The number of carbonyl (C=O) groups excluding carboxylic acids is 1. The largest absolute Gasteiger partial charge is 0.381 e. The van der Waals surface area contributed by atoms with Gasteiger partial charge >= 0.3 is 0 Å². The first kappa shape index (κ1) is 14.0. The lowest BCUT2D eigenvalue weighted by Crippen LogP contribution is -2.15. The van der Waals surface area contributed by atoms with Crippen LogP contribution in [0.15, 0.2) is 36.5 Å². The molecule has 0 atom stereocenters. The number of benzene rings is 1. The number of nitrogens with zero attached hydrogens (tertiary/aromatic N) is 1. The van der Waals surface area contributed by atoms with Crippen molar-refractivity contribution in [2.24, 2.45) is 0 Å². The summed E-state index contributed by atoms with van der Waals surface area (Å²) in [7, 11) is 0. The number of amides is 1. The second kappa shape index (κ2) is 5.69. The normalized spacial score (nSPS) is 10.6. The Balaban J connectivity index is 2.24. The SMILES string of the molecule is CC(C)c1cccc(NC(=O)c2ccnc(N)c2F)c1. The molecule has 2 aromatic rings. The predicted molar refractivity (Wildman–Crippen MR) is 77.1 cm³/mol. The third-order valence-electron chi connectivity index (χ3n) is 2.97. The highest BCUT2D eigenvalue weighted by Gasteiger charge is 2.14. The van der Waals surface area contributed by atoms with Gasteiger partial charge in [-0.25, -0.2) is 9.37 Å². The van der Waals surface area contributed by atoms with Gasteiger partial charge in [0.05, 0.1) is 5.56 Å².